The summed E-state index contributed by atoms with van der Waals surface area (Å²) in [6.45, 7) is 5.04. The number of rotatable bonds is 7. The molecule has 6 nitrogen and oxygen atoms in total. The number of hydrogen-bond acceptors (Lipinski definition) is 5. The van der Waals surface area contributed by atoms with Crippen LogP contribution >= 0.6 is 11.8 Å². The molecule has 1 aliphatic carbocycles. The monoisotopic (exact) mass is 388 g/mol. The molecule has 2 aromatic rings. The number of hydrogen-bond donors (Lipinski definition) is 1. The summed E-state index contributed by atoms with van der Waals surface area (Å²) in [6.07, 6.45) is 4.77. The lowest BCUT2D eigenvalue weighted by molar-refractivity contribution is -0.119. The quantitative estimate of drug-likeness (QED) is 0.732. The summed E-state index contributed by atoms with van der Waals surface area (Å²) in [5.74, 6) is 2.63. The highest BCUT2D eigenvalue weighted by Gasteiger charge is 2.23. The second-order valence-corrected chi connectivity index (χ2v) is 7.95. The van der Waals surface area contributed by atoms with Gasteiger partial charge in [0.05, 0.1) is 12.9 Å². The fourth-order valence-corrected chi connectivity index (χ4v) is 4.36. The summed E-state index contributed by atoms with van der Waals surface area (Å²) < 4.78 is 7.25. The first-order chi connectivity index (χ1) is 13.1. The van der Waals surface area contributed by atoms with Crippen LogP contribution in [0.3, 0.4) is 0 Å². The van der Waals surface area contributed by atoms with E-state index in [2.05, 4.69) is 29.4 Å². The van der Waals surface area contributed by atoms with Crippen LogP contribution in [-0.4, -0.2) is 39.6 Å². The Bertz CT molecular complexity index is 760. The van der Waals surface area contributed by atoms with Gasteiger partial charge in [-0.3, -0.25) is 4.79 Å². The van der Waals surface area contributed by atoms with E-state index in [1.165, 1.54) is 31.0 Å². The molecule has 0 spiro atoms. The van der Waals surface area contributed by atoms with E-state index in [0.29, 0.717) is 17.7 Å². The molecule has 7 heteroatoms. The summed E-state index contributed by atoms with van der Waals surface area (Å²) in [5, 5.41) is 12.6. The van der Waals surface area contributed by atoms with Crippen molar-refractivity contribution in [2.45, 2.75) is 57.3 Å². The molecule has 1 aromatic heterocycles. The number of benzene rings is 1. The number of carbonyl (C=O) groups is 1. The van der Waals surface area contributed by atoms with Gasteiger partial charge in [-0.2, -0.15) is 0 Å². The first-order valence-corrected chi connectivity index (χ1v) is 10.6. The zero-order valence-corrected chi connectivity index (χ0v) is 17.1. The van der Waals surface area contributed by atoms with Gasteiger partial charge in [-0.1, -0.05) is 31.5 Å². The van der Waals surface area contributed by atoms with Gasteiger partial charge in [0.25, 0.3) is 0 Å². The van der Waals surface area contributed by atoms with Crippen molar-refractivity contribution in [2.75, 3.05) is 12.9 Å². The summed E-state index contributed by atoms with van der Waals surface area (Å²) in [5.41, 5.74) is 0.984. The van der Waals surface area contributed by atoms with Crippen LogP contribution in [0, 0.1) is 5.92 Å². The minimum atomic E-state index is 0.0791. The highest BCUT2D eigenvalue weighted by atomic mass is 32.2. The van der Waals surface area contributed by atoms with Crippen LogP contribution in [0.4, 0.5) is 0 Å². The van der Waals surface area contributed by atoms with Crippen LogP contribution in [0.2, 0.25) is 0 Å². The highest BCUT2D eigenvalue weighted by molar-refractivity contribution is 7.99. The molecule has 146 valence electrons. The zero-order chi connectivity index (χ0) is 19.2. The largest absolute Gasteiger partial charge is 0.497 e. The van der Waals surface area contributed by atoms with Gasteiger partial charge in [0.2, 0.25) is 5.91 Å². The zero-order valence-electron chi connectivity index (χ0n) is 16.3. The molecule has 0 unspecified atom stereocenters. The summed E-state index contributed by atoms with van der Waals surface area (Å²) in [6, 6.07) is 8.08. The topological polar surface area (TPSA) is 69.0 Å². The highest BCUT2D eigenvalue weighted by Crippen LogP contribution is 2.26. The first kappa shape index (κ1) is 19.7. The third-order valence-corrected chi connectivity index (χ3v) is 6.14. The normalized spacial score (nSPS) is 19.7. The number of aromatic nitrogens is 3. The lowest BCUT2D eigenvalue weighted by Gasteiger charge is -2.29. The van der Waals surface area contributed by atoms with Crippen molar-refractivity contribution in [3.63, 3.8) is 0 Å². The van der Waals surface area contributed by atoms with Crippen molar-refractivity contribution >= 4 is 17.7 Å². The maximum atomic E-state index is 12.4. The lowest BCUT2D eigenvalue weighted by atomic mass is 9.86. The second kappa shape index (κ2) is 9.26. The van der Waals surface area contributed by atoms with E-state index in [4.69, 9.17) is 4.74 Å². The fraction of sp³-hybridized carbons (Fsp3) is 0.550. The van der Waals surface area contributed by atoms with Crippen molar-refractivity contribution < 1.29 is 9.53 Å². The van der Waals surface area contributed by atoms with E-state index in [-0.39, 0.29) is 5.91 Å². The Hall–Kier alpha value is -2.02. The van der Waals surface area contributed by atoms with Gasteiger partial charge in [0.15, 0.2) is 11.0 Å². The van der Waals surface area contributed by atoms with E-state index in [0.717, 1.165) is 35.3 Å². The average molecular weight is 389 g/mol. The van der Waals surface area contributed by atoms with E-state index in [1.807, 2.05) is 28.8 Å². The number of carbonyl (C=O) groups excluding carboxylic acids is 1. The molecule has 1 fully saturated rings. The first-order valence-electron chi connectivity index (χ1n) is 9.62. The Balaban J connectivity index is 1.63. The Labute approximate surface area is 165 Å². The summed E-state index contributed by atoms with van der Waals surface area (Å²) >= 11 is 1.45. The number of amides is 1. The SMILES string of the molecule is CCn1c(SCC(=O)N[C@H]2CCCC[C@H]2C)nnc1-c1ccc(OC)cc1. The molecule has 1 heterocycles. The lowest BCUT2D eigenvalue weighted by Crippen LogP contribution is -2.41. The van der Waals surface area contributed by atoms with Gasteiger partial charge in [-0.15, -0.1) is 10.2 Å². The molecule has 1 amide bonds. The summed E-state index contributed by atoms with van der Waals surface area (Å²) in [7, 11) is 1.65. The second-order valence-electron chi connectivity index (χ2n) is 7.00. The molecule has 1 N–H and O–H groups in total. The molecule has 1 aliphatic rings. The van der Waals surface area contributed by atoms with Crippen molar-refractivity contribution in [2.24, 2.45) is 5.92 Å². The van der Waals surface area contributed by atoms with Gasteiger partial charge in [-0.25, -0.2) is 0 Å². The number of methoxy groups -OCH3 is 1. The molecule has 0 radical (unpaired) electrons. The number of nitrogens with zero attached hydrogens (tertiary/aromatic N) is 3. The predicted molar refractivity (Wildman–Crippen MR) is 108 cm³/mol. The van der Waals surface area contributed by atoms with Gasteiger partial charge < -0.3 is 14.6 Å². The van der Waals surface area contributed by atoms with Crippen molar-refractivity contribution in [3.8, 4) is 17.1 Å². The van der Waals surface area contributed by atoms with E-state index < -0.39 is 0 Å². The molecule has 1 saturated carbocycles. The minimum Gasteiger partial charge on any atom is -0.497 e. The van der Waals surface area contributed by atoms with Crippen molar-refractivity contribution in [3.05, 3.63) is 24.3 Å². The van der Waals surface area contributed by atoms with Crippen molar-refractivity contribution in [1.29, 1.82) is 0 Å². The van der Waals surface area contributed by atoms with E-state index in [1.54, 1.807) is 7.11 Å². The van der Waals surface area contributed by atoms with Gasteiger partial charge >= 0.3 is 0 Å². The molecule has 27 heavy (non-hydrogen) atoms. The molecule has 3 rings (SSSR count). The van der Waals surface area contributed by atoms with Crippen LogP contribution in [-0.2, 0) is 11.3 Å². The van der Waals surface area contributed by atoms with Gasteiger partial charge in [0, 0.05) is 18.2 Å². The molecule has 0 bridgehead atoms. The molecule has 0 saturated heterocycles. The molecular formula is C20H28N4O2S. The van der Waals surface area contributed by atoms with Crippen LogP contribution in [0.5, 0.6) is 5.75 Å². The predicted octanol–water partition coefficient (Wildman–Crippen LogP) is 3.76. The third-order valence-electron chi connectivity index (χ3n) is 5.17. The Morgan fingerprint density at radius 1 is 1.26 bits per heavy atom. The van der Waals surface area contributed by atoms with Gasteiger partial charge in [0.1, 0.15) is 5.75 Å². The Morgan fingerprint density at radius 3 is 2.67 bits per heavy atom. The van der Waals surface area contributed by atoms with Crippen molar-refractivity contribution in [1.82, 2.24) is 20.1 Å². The fourth-order valence-electron chi connectivity index (χ4n) is 3.54. The average Bonchev–Trinajstić information content (AvgIpc) is 3.11. The van der Waals surface area contributed by atoms with Crippen LogP contribution in [0.15, 0.2) is 29.4 Å². The minimum absolute atomic E-state index is 0.0791. The Kier molecular flexibility index (Phi) is 6.77. The standard InChI is InChI=1S/C20H28N4O2S/c1-4-24-19(15-9-11-16(26-3)12-10-15)22-23-20(24)27-13-18(25)21-17-8-6-5-7-14(17)2/h9-12,14,17H,4-8,13H2,1-3H3,(H,21,25)/t14-,17+/m1/s1. The number of thioether (sulfide) groups is 1. The van der Waals surface area contributed by atoms with E-state index in [9.17, 15) is 4.79 Å². The molecule has 0 aliphatic heterocycles. The third kappa shape index (κ3) is 4.83. The van der Waals surface area contributed by atoms with Crippen LogP contribution in [0.1, 0.15) is 39.5 Å². The molecule has 2 atom stereocenters. The van der Waals surface area contributed by atoms with Crippen LogP contribution < -0.4 is 10.1 Å². The Morgan fingerprint density at radius 2 is 2.00 bits per heavy atom. The molecule has 1 aromatic carbocycles. The van der Waals surface area contributed by atoms with Crippen LogP contribution in [0.25, 0.3) is 11.4 Å². The molecular weight excluding hydrogens is 360 g/mol. The number of ether oxygens (including phenoxy) is 1. The van der Waals surface area contributed by atoms with Gasteiger partial charge in [-0.05, 0) is 49.9 Å². The maximum absolute atomic E-state index is 12.4. The smallest absolute Gasteiger partial charge is 0.230 e. The number of nitrogens with one attached hydrogen (secondary N) is 1. The maximum Gasteiger partial charge on any atom is 0.230 e. The van der Waals surface area contributed by atoms with E-state index >= 15 is 0 Å². The summed E-state index contributed by atoms with van der Waals surface area (Å²) in [4.78, 5) is 12.4.